The Balaban J connectivity index is 1.33. The van der Waals surface area contributed by atoms with E-state index in [4.69, 9.17) is 4.74 Å². The fourth-order valence-electron chi connectivity index (χ4n) is 6.23. The third kappa shape index (κ3) is 4.85. The Morgan fingerprint density at radius 1 is 0.565 bits per heavy atom. The first-order valence-corrected chi connectivity index (χ1v) is 14.5. The lowest BCUT2D eigenvalue weighted by Gasteiger charge is -2.27. The first-order chi connectivity index (χ1) is 21.6. The molecule has 1 atom stereocenters. The molecule has 234 valence electrons. The lowest BCUT2D eigenvalue weighted by atomic mass is 9.83. The molecule has 0 spiro atoms. The van der Waals surface area contributed by atoms with E-state index in [1.54, 1.807) is 39.8 Å². The number of fused-ring (bicyclic) bond motifs is 2. The maximum atomic E-state index is 14.7. The number of carbonyl (C=O) groups is 4. The third-order valence-electron chi connectivity index (χ3n) is 8.81. The Labute approximate surface area is 263 Å². The Bertz CT molecular complexity index is 2030. The van der Waals surface area contributed by atoms with E-state index in [2.05, 4.69) is 0 Å². The number of nitrogens with zero attached hydrogens (tertiary/aromatic N) is 2. The molecular formula is C36H29F3N2O5. The van der Waals surface area contributed by atoms with E-state index in [-0.39, 0.29) is 56.1 Å². The Kier molecular flexibility index (Phi) is 7.14. The quantitative estimate of drug-likeness (QED) is 0.212. The molecule has 0 fully saturated rings. The molecule has 0 bridgehead atoms. The standard InChI is InChI=1S/C36H29F3N2O5/c1-17-11-19(3)26(12-18(17)2)31(36(37,38)39)27-13-21(5)30(14-20(27)4)41-34(44)25-10-8-23(16-29(25)35(41)45)46-22-7-9-24-28(15-22)33(43)40(6)32(24)42/h7-16,31H,1-6H3. The summed E-state index contributed by atoms with van der Waals surface area (Å²) in [5.74, 6) is -3.55. The van der Waals surface area contributed by atoms with Gasteiger partial charge in [0.2, 0.25) is 0 Å². The zero-order chi connectivity index (χ0) is 33.4. The average Bonchev–Trinajstić information content (AvgIpc) is 3.35. The van der Waals surface area contributed by atoms with Crippen LogP contribution < -0.4 is 9.64 Å². The summed E-state index contributed by atoms with van der Waals surface area (Å²) >= 11 is 0. The number of anilines is 1. The minimum absolute atomic E-state index is 0.0492. The van der Waals surface area contributed by atoms with Gasteiger partial charge in [-0.1, -0.05) is 18.2 Å². The highest BCUT2D eigenvalue weighted by molar-refractivity contribution is 6.34. The number of ether oxygens (including phenoxy) is 1. The lowest BCUT2D eigenvalue weighted by molar-refractivity contribution is -0.141. The molecule has 4 aromatic carbocycles. The molecule has 4 amide bonds. The van der Waals surface area contributed by atoms with Crippen LogP contribution in [0.15, 0.2) is 60.7 Å². The molecule has 7 nitrogen and oxygen atoms in total. The van der Waals surface area contributed by atoms with Crippen LogP contribution in [0.2, 0.25) is 0 Å². The number of imide groups is 2. The van der Waals surface area contributed by atoms with E-state index < -0.39 is 35.7 Å². The summed E-state index contributed by atoms with van der Waals surface area (Å²) < 4.78 is 49.9. The van der Waals surface area contributed by atoms with Crippen LogP contribution in [0, 0.1) is 34.6 Å². The number of rotatable bonds is 5. The van der Waals surface area contributed by atoms with E-state index >= 15 is 0 Å². The number of carbonyl (C=O) groups excluding carboxylic acids is 4. The third-order valence-corrected chi connectivity index (χ3v) is 8.81. The minimum Gasteiger partial charge on any atom is -0.457 e. The van der Waals surface area contributed by atoms with E-state index in [0.717, 1.165) is 20.9 Å². The van der Waals surface area contributed by atoms with Gasteiger partial charge in [-0.2, -0.15) is 13.2 Å². The second-order valence-electron chi connectivity index (χ2n) is 11.9. The molecule has 2 heterocycles. The largest absolute Gasteiger partial charge is 0.457 e. The van der Waals surface area contributed by atoms with E-state index in [1.165, 1.54) is 55.6 Å². The van der Waals surface area contributed by atoms with Crippen molar-refractivity contribution in [3.8, 4) is 11.5 Å². The van der Waals surface area contributed by atoms with Gasteiger partial charge in [-0.15, -0.1) is 0 Å². The van der Waals surface area contributed by atoms with Gasteiger partial charge in [0.15, 0.2) is 0 Å². The molecule has 46 heavy (non-hydrogen) atoms. The van der Waals surface area contributed by atoms with Crippen molar-refractivity contribution in [2.45, 2.75) is 46.7 Å². The Hall–Kier alpha value is -5.25. The van der Waals surface area contributed by atoms with Gasteiger partial charge in [-0.3, -0.25) is 24.1 Å². The smallest absolute Gasteiger partial charge is 0.399 e. The molecule has 0 N–H and O–H groups in total. The Morgan fingerprint density at radius 2 is 1.02 bits per heavy atom. The monoisotopic (exact) mass is 626 g/mol. The number of hydrogen-bond donors (Lipinski definition) is 0. The fraction of sp³-hybridized carbons (Fsp3) is 0.222. The summed E-state index contributed by atoms with van der Waals surface area (Å²) in [6, 6.07) is 15.0. The minimum atomic E-state index is -4.59. The van der Waals surface area contributed by atoms with Crippen molar-refractivity contribution in [1.82, 2.24) is 4.90 Å². The maximum Gasteiger partial charge on any atom is 0.399 e. The van der Waals surface area contributed by atoms with Crippen LogP contribution in [0.5, 0.6) is 11.5 Å². The molecule has 4 aromatic rings. The second kappa shape index (κ2) is 10.7. The average molecular weight is 627 g/mol. The summed E-state index contributed by atoms with van der Waals surface area (Å²) in [4.78, 5) is 53.7. The first kappa shape index (κ1) is 30.8. The van der Waals surface area contributed by atoms with Crippen molar-refractivity contribution in [2.24, 2.45) is 0 Å². The van der Waals surface area contributed by atoms with E-state index in [9.17, 15) is 32.3 Å². The number of alkyl halides is 3. The second-order valence-corrected chi connectivity index (χ2v) is 11.9. The number of amides is 4. The van der Waals surface area contributed by atoms with Crippen molar-refractivity contribution < 1.29 is 37.1 Å². The van der Waals surface area contributed by atoms with Crippen LogP contribution in [0.25, 0.3) is 0 Å². The van der Waals surface area contributed by atoms with Crippen molar-refractivity contribution in [1.29, 1.82) is 0 Å². The van der Waals surface area contributed by atoms with Crippen LogP contribution >= 0.6 is 0 Å². The van der Waals surface area contributed by atoms with Gasteiger partial charge in [-0.25, -0.2) is 4.90 Å². The normalized spacial score (nSPS) is 15.1. The fourth-order valence-corrected chi connectivity index (χ4v) is 6.23. The molecule has 2 aliphatic heterocycles. The van der Waals surface area contributed by atoms with E-state index in [1.807, 2.05) is 6.92 Å². The molecule has 6 rings (SSSR count). The Morgan fingerprint density at radius 3 is 1.61 bits per heavy atom. The molecule has 1 unspecified atom stereocenters. The number of aryl methyl sites for hydroxylation is 5. The van der Waals surface area contributed by atoms with Gasteiger partial charge in [0.05, 0.1) is 27.9 Å². The molecule has 2 aliphatic rings. The predicted molar refractivity (Wildman–Crippen MR) is 165 cm³/mol. The molecule has 10 heteroatoms. The van der Waals surface area contributed by atoms with Crippen LogP contribution in [-0.2, 0) is 0 Å². The van der Waals surface area contributed by atoms with Gasteiger partial charge in [-0.05, 0) is 116 Å². The highest BCUT2D eigenvalue weighted by atomic mass is 19.4. The molecule has 0 aromatic heterocycles. The summed E-state index contributed by atoms with van der Waals surface area (Å²) in [7, 11) is 1.39. The highest BCUT2D eigenvalue weighted by Crippen LogP contribution is 2.45. The van der Waals surface area contributed by atoms with Crippen LogP contribution in [0.3, 0.4) is 0 Å². The van der Waals surface area contributed by atoms with E-state index in [0.29, 0.717) is 11.1 Å². The van der Waals surface area contributed by atoms with Crippen LogP contribution in [0.1, 0.15) is 86.3 Å². The summed E-state index contributed by atoms with van der Waals surface area (Å²) in [6.07, 6.45) is -4.59. The summed E-state index contributed by atoms with van der Waals surface area (Å²) in [6.45, 7) is 8.42. The zero-order valence-electron chi connectivity index (χ0n) is 25.9. The molecule has 0 aliphatic carbocycles. The summed E-state index contributed by atoms with van der Waals surface area (Å²) in [5.41, 5.74) is 3.84. The predicted octanol–water partition coefficient (Wildman–Crippen LogP) is 7.74. The zero-order valence-corrected chi connectivity index (χ0v) is 25.9. The highest BCUT2D eigenvalue weighted by Gasteiger charge is 2.44. The SMILES string of the molecule is Cc1cc(C)c(C(c2cc(C)c(N3C(=O)c4ccc(Oc5ccc6c(c5)C(=O)N(C)C6=O)cc4C3=O)cc2C)C(F)(F)F)cc1C. The van der Waals surface area contributed by atoms with Crippen molar-refractivity contribution in [2.75, 3.05) is 11.9 Å². The molecule has 0 saturated heterocycles. The first-order valence-electron chi connectivity index (χ1n) is 14.5. The van der Waals surface area contributed by atoms with Gasteiger partial charge < -0.3 is 4.74 Å². The number of halogens is 3. The van der Waals surface area contributed by atoms with Gasteiger partial charge in [0.25, 0.3) is 23.6 Å². The van der Waals surface area contributed by atoms with Gasteiger partial charge in [0.1, 0.15) is 17.4 Å². The van der Waals surface area contributed by atoms with Gasteiger partial charge in [0, 0.05) is 7.05 Å². The number of benzene rings is 4. The van der Waals surface area contributed by atoms with Gasteiger partial charge >= 0.3 is 6.18 Å². The van der Waals surface area contributed by atoms with Crippen LogP contribution in [-0.4, -0.2) is 41.8 Å². The lowest BCUT2D eigenvalue weighted by Crippen LogP contribution is -2.30. The van der Waals surface area contributed by atoms with Crippen molar-refractivity contribution in [3.63, 3.8) is 0 Å². The van der Waals surface area contributed by atoms with Crippen molar-refractivity contribution in [3.05, 3.63) is 122 Å². The molecule has 0 radical (unpaired) electrons. The topological polar surface area (TPSA) is 84.0 Å². The van der Waals surface area contributed by atoms with Crippen molar-refractivity contribution >= 4 is 29.3 Å². The summed E-state index contributed by atoms with van der Waals surface area (Å²) in [5, 5.41) is 0. The number of hydrogen-bond acceptors (Lipinski definition) is 5. The van der Waals surface area contributed by atoms with Crippen LogP contribution in [0.4, 0.5) is 18.9 Å². The molecule has 0 saturated carbocycles. The maximum absolute atomic E-state index is 14.7. The molecular weight excluding hydrogens is 597 g/mol.